The Labute approximate surface area is 102 Å². The largest absolute Gasteiger partial charge is 0.345 e. The number of carbonyl (C=O) groups excluding carboxylic acids is 2. The van der Waals surface area contributed by atoms with Crippen LogP contribution < -0.4 is 5.32 Å². The Balaban J connectivity index is 1.80. The highest BCUT2D eigenvalue weighted by molar-refractivity contribution is 6.35. The third-order valence-electron chi connectivity index (χ3n) is 3.68. The predicted octanol–water partition coefficient (Wildman–Crippen LogP) is -0.181. The first-order valence-electron chi connectivity index (χ1n) is 6.45. The Morgan fingerprint density at radius 1 is 1.06 bits per heavy atom. The van der Waals surface area contributed by atoms with Crippen LogP contribution in [0.5, 0.6) is 0 Å². The van der Waals surface area contributed by atoms with E-state index >= 15 is 0 Å². The van der Waals surface area contributed by atoms with Crippen molar-refractivity contribution in [1.29, 1.82) is 0 Å². The zero-order valence-electron chi connectivity index (χ0n) is 10.4. The molecule has 0 aromatic heterocycles. The summed E-state index contributed by atoms with van der Waals surface area (Å²) in [4.78, 5) is 27.5. The molecule has 96 valence electrons. The van der Waals surface area contributed by atoms with Crippen molar-refractivity contribution in [3.63, 3.8) is 0 Å². The Hall–Kier alpha value is -1.10. The highest BCUT2D eigenvalue weighted by Crippen LogP contribution is 2.17. The molecule has 17 heavy (non-hydrogen) atoms. The Bertz CT molecular complexity index is 292. The van der Waals surface area contributed by atoms with Gasteiger partial charge in [-0.05, 0) is 19.9 Å². The minimum atomic E-state index is -0.415. The molecule has 1 saturated heterocycles. The second kappa shape index (κ2) is 5.49. The zero-order valence-corrected chi connectivity index (χ0v) is 10.4. The molecule has 0 bridgehead atoms. The molecule has 1 aliphatic heterocycles. The molecule has 0 unspecified atom stereocenters. The molecule has 0 aromatic carbocycles. The van der Waals surface area contributed by atoms with E-state index in [4.69, 9.17) is 0 Å². The summed E-state index contributed by atoms with van der Waals surface area (Å²) in [5.41, 5.74) is 0. The second-order valence-corrected chi connectivity index (χ2v) is 5.05. The van der Waals surface area contributed by atoms with Crippen molar-refractivity contribution in [2.45, 2.75) is 31.7 Å². The van der Waals surface area contributed by atoms with Crippen molar-refractivity contribution >= 4 is 11.8 Å². The van der Waals surface area contributed by atoms with Gasteiger partial charge in [0.1, 0.15) is 0 Å². The molecule has 2 aliphatic rings. The Morgan fingerprint density at radius 3 is 2.24 bits per heavy atom. The summed E-state index contributed by atoms with van der Waals surface area (Å²) in [5, 5.41) is 2.84. The summed E-state index contributed by atoms with van der Waals surface area (Å²) >= 11 is 0. The maximum atomic E-state index is 11.9. The molecule has 5 nitrogen and oxygen atoms in total. The zero-order chi connectivity index (χ0) is 12.3. The second-order valence-electron chi connectivity index (χ2n) is 5.05. The van der Waals surface area contributed by atoms with Crippen LogP contribution >= 0.6 is 0 Å². The number of carbonyl (C=O) groups is 2. The van der Waals surface area contributed by atoms with Crippen LogP contribution in [0.1, 0.15) is 25.7 Å². The van der Waals surface area contributed by atoms with Crippen LogP contribution in [0, 0.1) is 0 Å². The average molecular weight is 239 g/mol. The van der Waals surface area contributed by atoms with E-state index in [-0.39, 0.29) is 11.9 Å². The summed E-state index contributed by atoms with van der Waals surface area (Å²) < 4.78 is 0. The van der Waals surface area contributed by atoms with Gasteiger partial charge in [0.15, 0.2) is 0 Å². The van der Waals surface area contributed by atoms with E-state index in [1.54, 1.807) is 4.90 Å². The van der Waals surface area contributed by atoms with E-state index < -0.39 is 5.91 Å². The molecule has 2 rings (SSSR count). The highest BCUT2D eigenvalue weighted by Gasteiger charge is 2.27. The monoisotopic (exact) mass is 239 g/mol. The van der Waals surface area contributed by atoms with Crippen LogP contribution in [-0.2, 0) is 9.59 Å². The van der Waals surface area contributed by atoms with Crippen molar-refractivity contribution < 1.29 is 9.59 Å². The van der Waals surface area contributed by atoms with Crippen LogP contribution in [0.15, 0.2) is 0 Å². The summed E-state index contributed by atoms with van der Waals surface area (Å²) in [7, 11) is 2.03. The Morgan fingerprint density at radius 2 is 1.65 bits per heavy atom. The van der Waals surface area contributed by atoms with Crippen molar-refractivity contribution in [3.8, 4) is 0 Å². The van der Waals surface area contributed by atoms with Crippen molar-refractivity contribution in [2.24, 2.45) is 0 Å². The van der Waals surface area contributed by atoms with Crippen LogP contribution in [0.2, 0.25) is 0 Å². The molecule has 2 amide bonds. The molecular weight excluding hydrogens is 218 g/mol. The molecule has 1 heterocycles. The fourth-order valence-corrected chi connectivity index (χ4v) is 2.47. The topological polar surface area (TPSA) is 52.7 Å². The van der Waals surface area contributed by atoms with Crippen molar-refractivity contribution in [2.75, 3.05) is 33.2 Å². The molecule has 1 saturated carbocycles. The standard InChI is InChI=1S/C12H21N3O2/c1-14-6-8-15(9-7-14)12(17)11(16)13-10-4-2-3-5-10/h10H,2-9H2,1H3,(H,13,16). The SMILES string of the molecule is CN1CCN(C(=O)C(=O)NC2CCCC2)CC1. The minimum absolute atomic E-state index is 0.221. The van der Waals surface area contributed by atoms with Gasteiger partial charge < -0.3 is 15.1 Å². The van der Waals surface area contributed by atoms with E-state index in [0.29, 0.717) is 13.1 Å². The number of piperazine rings is 1. The van der Waals surface area contributed by atoms with Gasteiger partial charge in [0.2, 0.25) is 0 Å². The maximum Gasteiger partial charge on any atom is 0.311 e. The number of rotatable bonds is 1. The first kappa shape index (κ1) is 12.4. The maximum absolute atomic E-state index is 11.9. The first-order chi connectivity index (χ1) is 8.16. The summed E-state index contributed by atoms with van der Waals surface area (Å²) in [6.45, 7) is 3.02. The van der Waals surface area contributed by atoms with Crippen LogP contribution in [0.25, 0.3) is 0 Å². The number of nitrogens with zero attached hydrogens (tertiary/aromatic N) is 2. The van der Waals surface area contributed by atoms with E-state index in [2.05, 4.69) is 10.2 Å². The normalized spacial score (nSPS) is 22.8. The van der Waals surface area contributed by atoms with Gasteiger partial charge >= 0.3 is 11.8 Å². The summed E-state index contributed by atoms with van der Waals surface area (Å²) in [6.07, 6.45) is 4.35. The van der Waals surface area contributed by atoms with Gasteiger partial charge in [0.05, 0.1) is 0 Å². The smallest absolute Gasteiger partial charge is 0.311 e. The number of hydrogen-bond acceptors (Lipinski definition) is 3. The van der Waals surface area contributed by atoms with Gasteiger partial charge in [-0.3, -0.25) is 9.59 Å². The number of hydrogen-bond donors (Lipinski definition) is 1. The highest BCUT2D eigenvalue weighted by atomic mass is 16.2. The summed E-state index contributed by atoms with van der Waals surface area (Å²) in [5.74, 6) is -0.772. The first-order valence-corrected chi connectivity index (χ1v) is 6.45. The molecule has 1 N–H and O–H groups in total. The third kappa shape index (κ3) is 3.19. The molecule has 2 fully saturated rings. The van der Waals surface area contributed by atoms with Crippen LogP contribution in [-0.4, -0.2) is 60.9 Å². The predicted molar refractivity (Wildman–Crippen MR) is 64.5 cm³/mol. The lowest BCUT2D eigenvalue weighted by Gasteiger charge is -2.32. The van der Waals surface area contributed by atoms with Crippen LogP contribution in [0.3, 0.4) is 0 Å². The molecular formula is C12H21N3O2. The van der Waals surface area contributed by atoms with Gasteiger partial charge in [-0.2, -0.15) is 0 Å². The van der Waals surface area contributed by atoms with E-state index in [0.717, 1.165) is 38.8 Å². The van der Waals surface area contributed by atoms with Crippen molar-refractivity contribution in [1.82, 2.24) is 15.1 Å². The summed E-state index contributed by atoms with van der Waals surface area (Å²) in [6, 6.07) is 0.221. The minimum Gasteiger partial charge on any atom is -0.345 e. The molecule has 1 aliphatic carbocycles. The molecule has 0 atom stereocenters. The van der Waals surface area contributed by atoms with Gasteiger partial charge in [0.25, 0.3) is 0 Å². The van der Waals surface area contributed by atoms with Crippen molar-refractivity contribution in [3.05, 3.63) is 0 Å². The molecule has 0 spiro atoms. The van der Waals surface area contributed by atoms with Gasteiger partial charge in [-0.25, -0.2) is 0 Å². The van der Waals surface area contributed by atoms with E-state index in [1.807, 2.05) is 7.05 Å². The fourth-order valence-electron chi connectivity index (χ4n) is 2.47. The molecule has 0 aromatic rings. The molecule has 0 radical (unpaired) electrons. The van der Waals surface area contributed by atoms with E-state index in [1.165, 1.54) is 0 Å². The van der Waals surface area contributed by atoms with E-state index in [9.17, 15) is 9.59 Å². The lowest BCUT2D eigenvalue weighted by atomic mass is 10.2. The lowest BCUT2D eigenvalue weighted by Crippen LogP contribution is -2.52. The Kier molecular flexibility index (Phi) is 3.99. The van der Waals surface area contributed by atoms with Gasteiger partial charge in [0, 0.05) is 32.2 Å². The quantitative estimate of drug-likeness (QED) is 0.646. The van der Waals surface area contributed by atoms with Gasteiger partial charge in [-0.1, -0.05) is 12.8 Å². The number of amides is 2. The van der Waals surface area contributed by atoms with Gasteiger partial charge in [-0.15, -0.1) is 0 Å². The lowest BCUT2D eigenvalue weighted by molar-refractivity contribution is -0.147. The third-order valence-corrected chi connectivity index (χ3v) is 3.68. The average Bonchev–Trinajstić information content (AvgIpc) is 2.82. The molecule has 5 heteroatoms. The van der Waals surface area contributed by atoms with Crippen LogP contribution in [0.4, 0.5) is 0 Å². The number of nitrogens with one attached hydrogen (secondary N) is 1. The fraction of sp³-hybridized carbons (Fsp3) is 0.833. The number of likely N-dealkylation sites (N-methyl/N-ethyl adjacent to an activating group) is 1.